The molecule has 4 amide bonds. The summed E-state index contributed by atoms with van der Waals surface area (Å²) in [6.45, 7) is 3.45. The fourth-order valence-corrected chi connectivity index (χ4v) is 4.91. The molecule has 0 radical (unpaired) electrons. The predicted octanol–water partition coefficient (Wildman–Crippen LogP) is -0.556. The van der Waals surface area contributed by atoms with Crippen molar-refractivity contribution in [3.63, 3.8) is 0 Å². The first kappa shape index (κ1) is 40.7. The van der Waals surface area contributed by atoms with Gasteiger partial charge in [-0.25, -0.2) is 18.2 Å². The van der Waals surface area contributed by atoms with Crippen LogP contribution in [0, 0.1) is 5.92 Å². The van der Waals surface area contributed by atoms with Crippen molar-refractivity contribution in [2.75, 3.05) is 12.8 Å². The Hall–Kier alpha value is -5.46. The number of nitrogens with one attached hydrogen (secondary N) is 5. The van der Waals surface area contributed by atoms with Crippen LogP contribution in [0.15, 0.2) is 59.3 Å². The lowest BCUT2D eigenvalue weighted by Gasteiger charge is -2.27. The van der Waals surface area contributed by atoms with Crippen LogP contribution in [0.25, 0.3) is 0 Å². The van der Waals surface area contributed by atoms with E-state index in [1.54, 1.807) is 38.1 Å². The van der Waals surface area contributed by atoms with Gasteiger partial charge in [0.2, 0.25) is 17.7 Å². The number of guanidine groups is 1. The summed E-state index contributed by atoms with van der Waals surface area (Å²) in [6, 6.07) is 3.97. The van der Waals surface area contributed by atoms with Gasteiger partial charge in [0.05, 0.1) is 18.8 Å². The molecular weight excluding hydrogens is 674 g/mol. The lowest BCUT2D eigenvalue weighted by Crippen LogP contribution is -2.58. The molecule has 4 atom stereocenters. The number of carbonyl (C=O) groups excluding carboxylic acids is 4. The van der Waals surface area contributed by atoms with Crippen LogP contribution in [0.4, 0.5) is 4.79 Å². The number of alkyl carbamates (subject to hydrolysis) is 1. The first-order valence-electron chi connectivity index (χ1n) is 15.5. The van der Waals surface area contributed by atoms with Crippen molar-refractivity contribution in [2.45, 2.75) is 70.3 Å². The molecule has 50 heavy (non-hydrogen) atoms. The summed E-state index contributed by atoms with van der Waals surface area (Å²) in [5.41, 5.74) is 12.0. The number of aliphatic imine (C=N–C) groups is 1. The van der Waals surface area contributed by atoms with E-state index in [4.69, 9.17) is 16.2 Å². The molecule has 1 aromatic heterocycles. The number of aliphatic carboxylic acids is 1. The number of ether oxygens (including phenoxy) is 1. The number of nitrogens with two attached hydrogens (primary N) is 2. The number of rotatable bonds is 20. The van der Waals surface area contributed by atoms with Gasteiger partial charge in [0, 0.05) is 36.5 Å². The molecule has 18 nitrogen and oxygen atoms in total. The Morgan fingerprint density at radius 1 is 1.00 bits per heavy atom. The minimum atomic E-state index is -3.65. The fourth-order valence-electron chi connectivity index (χ4n) is 4.43. The monoisotopic (exact) mass is 719 g/mol. The molecule has 274 valence electrons. The third-order valence-corrected chi connectivity index (χ3v) is 7.56. The van der Waals surface area contributed by atoms with Crippen molar-refractivity contribution in [3.05, 3.63) is 65.6 Å². The highest BCUT2D eigenvalue weighted by molar-refractivity contribution is 7.93. The summed E-state index contributed by atoms with van der Waals surface area (Å²) < 4.78 is 28.5. The lowest BCUT2D eigenvalue weighted by molar-refractivity contribution is -0.137. The zero-order chi connectivity index (χ0) is 37.3. The molecule has 19 heteroatoms. The third-order valence-electron chi connectivity index (χ3n) is 6.91. The molecule has 0 aliphatic rings. The van der Waals surface area contributed by atoms with Crippen molar-refractivity contribution in [1.29, 1.82) is 0 Å². The molecule has 10 N–H and O–H groups in total. The van der Waals surface area contributed by atoms with E-state index < -0.39 is 76.1 Å². The first-order valence-corrected chi connectivity index (χ1v) is 17.5. The number of hydrogen-bond acceptors (Lipinski definition) is 10. The number of amides is 4. The average molecular weight is 720 g/mol. The average Bonchev–Trinajstić information content (AvgIpc) is 3.55. The summed E-state index contributed by atoms with van der Waals surface area (Å²) in [4.78, 5) is 75.3. The summed E-state index contributed by atoms with van der Waals surface area (Å²) in [5.74, 6) is -4.27. The molecule has 0 aliphatic carbocycles. The zero-order valence-corrected chi connectivity index (χ0v) is 28.8. The van der Waals surface area contributed by atoms with E-state index >= 15 is 0 Å². The van der Waals surface area contributed by atoms with Crippen LogP contribution in [0.3, 0.4) is 0 Å². The van der Waals surface area contributed by atoms with Crippen LogP contribution >= 0.6 is 0 Å². The quantitative estimate of drug-likeness (QED) is 0.0486. The standard InChI is InChI=1S/C31H45N9O9S/c1-19(2)26(40-31(46)49-17-20-8-5-4-6-9-20)29(45)38-23(10-7-12-35-30(32)33)27(43)39-24(14-22-16-34-18-36-22)28(44)37-21(15-25(41)42)11-13-50(3,47)48/h4-6,8-9,11,13,16,18-19,21,23-24,26H,7,10,12,14-15,17H2,1-3H3,(H,34,36)(H,37,44)(H,38,45)(H,39,43)(H,40,46)(H,41,42)(H4,32,33,35)/b13-11+/t21-,23+,24+,26+/m1/s1. The fraction of sp³-hybridized carbons (Fsp3) is 0.452. The number of aromatic amines is 1. The van der Waals surface area contributed by atoms with Crippen LogP contribution in [0.5, 0.6) is 0 Å². The second-order valence-corrected chi connectivity index (χ2v) is 13.6. The Kier molecular flexibility index (Phi) is 16.4. The molecule has 0 aliphatic heterocycles. The maximum absolute atomic E-state index is 13.7. The number of H-pyrrole nitrogens is 1. The van der Waals surface area contributed by atoms with Crippen LogP contribution in [-0.4, -0.2) is 96.2 Å². The van der Waals surface area contributed by atoms with E-state index in [1.807, 2.05) is 6.07 Å². The first-order chi connectivity index (χ1) is 23.5. The van der Waals surface area contributed by atoms with Crippen molar-refractivity contribution in [1.82, 2.24) is 31.2 Å². The SMILES string of the molecule is CC(C)[C@H](NC(=O)OCc1ccccc1)C(=O)N[C@@H](CCCN=C(N)N)C(=O)N[C@@H](Cc1cnc[nH]1)C(=O)N[C@H](/C=C/S(C)(=O)=O)CC(=O)O. The number of benzene rings is 1. The van der Waals surface area contributed by atoms with Crippen molar-refractivity contribution < 1.29 is 42.2 Å². The van der Waals surface area contributed by atoms with Gasteiger partial charge in [0.15, 0.2) is 15.8 Å². The molecule has 0 unspecified atom stereocenters. The minimum Gasteiger partial charge on any atom is -0.481 e. The van der Waals surface area contributed by atoms with Crippen molar-refractivity contribution >= 4 is 45.6 Å². The van der Waals surface area contributed by atoms with Crippen molar-refractivity contribution in [2.24, 2.45) is 22.4 Å². The number of imidazole rings is 1. The second kappa shape index (κ2) is 20.1. The number of sulfone groups is 1. The molecule has 0 saturated carbocycles. The highest BCUT2D eigenvalue weighted by atomic mass is 32.2. The Balaban J connectivity index is 2.28. The molecular formula is C31H45N9O9S. The summed E-state index contributed by atoms with van der Waals surface area (Å²) >= 11 is 0. The minimum absolute atomic E-state index is 0.00869. The Bertz CT molecular complexity index is 1590. The predicted molar refractivity (Wildman–Crippen MR) is 183 cm³/mol. The lowest BCUT2D eigenvalue weighted by atomic mass is 10.0. The highest BCUT2D eigenvalue weighted by Gasteiger charge is 2.32. The highest BCUT2D eigenvalue weighted by Crippen LogP contribution is 2.09. The number of carboxylic acid groups (broad SMARTS) is 1. The number of hydrogen-bond donors (Lipinski definition) is 8. The molecule has 1 aromatic carbocycles. The van der Waals surface area contributed by atoms with Crippen LogP contribution in [0.2, 0.25) is 0 Å². The topological polar surface area (TPSA) is 290 Å². The van der Waals surface area contributed by atoms with E-state index in [9.17, 15) is 37.5 Å². The van der Waals surface area contributed by atoms with E-state index in [-0.39, 0.29) is 38.4 Å². The van der Waals surface area contributed by atoms with Gasteiger partial charge in [-0.3, -0.25) is 24.2 Å². The smallest absolute Gasteiger partial charge is 0.408 e. The largest absolute Gasteiger partial charge is 0.481 e. The Morgan fingerprint density at radius 3 is 2.24 bits per heavy atom. The van der Waals surface area contributed by atoms with Crippen LogP contribution < -0.4 is 32.7 Å². The van der Waals surface area contributed by atoms with E-state index in [0.717, 1.165) is 23.3 Å². The molecule has 0 bridgehead atoms. The second-order valence-electron chi connectivity index (χ2n) is 11.7. The van der Waals surface area contributed by atoms with Crippen LogP contribution in [-0.2, 0) is 46.8 Å². The number of carboxylic acids is 1. The van der Waals surface area contributed by atoms with Gasteiger partial charge in [0.1, 0.15) is 24.7 Å². The van der Waals surface area contributed by atoms with Gasteiger partial charge in [0.25, 0.3) is 0 Å². The molecule has 2 rings (SSSR count). The van der Waals surface area contributed by atoms with Gasteiger partial charge < -0.3 is 47.6 Å². The molecule has 0 fully saturated rings. The number of aromatic nitrogens is 2. The Labute approximate surface area is 289 Å². The van der Waals surface area contributed by atoms with Gasteiger partial charge in [-0.15, -0.1) is 0 Å². The van der Waals surface area contributed by atoms with Gasteiger partial charge in [-0.2, -0.15) is 0 Å². The van der Waals surface area contributed by atoms with E-state index in [1.165, 1.54) is 12.5 Å². The maximum Gasteiger partial charge on any atom is 0.408 e. The molecule has 0 spiro atoms. The molecule has 1 heterocycles. The van der Waals surface area contributed by atoms with E-state index in [0.29, 0.717) is 5.69 Å². The van der Waals surface area contributed by atoms with Crippen molar-refractivity contribution in [3.8, 4) is 0 Å². The molecule has 2 aromatic rings. The maximum atomic E-state index is 13.7. The summed E-state index contributed by atoms with van der Waals surface area (Å²) in [6.07, 6.45) is 3.28. The van der Waals surface area contributed by atoms with Gasteiger partial charge in [-0.05, 0) is 24.3 Å². The van der Waals surface area contributed by atoms with Crippen LogP contribution in [0.1, 0.15) is 44.4 Å². The number of carbonyl (C=O) groups is 5. The van der Waals surface area contributed by atoms with E-state index in [2.05, 4.69) is 36.2 Å². The summed E-state index contributed by atoms with van der Waals surface area (Å²) in [5, 5.41) is 20.3. The van der Waals surface area contributed by atoms with Gasteiger partial charge >= 0.3 is 12.1 Å². The zero-order valence-electron chi connectivity index (χ0n) is 28.0. The number of nitrogens with zero attached hydrogens (tertiary/aromatic N) is 2. The Morgan fingerprint density at radius 2 is 1.66 bits per heavy atom. The summed E-state index contributed by atoms with van der Waals surface area (Å²) in [7, 11) is -3.65. The van der Waals surface area contributed by atoms with Gasteiger partial charge in [-0.1, -0.05) is 50.3 Å². The third kappa shape index (κ3) is 16.1. The molecule has 0 saturated heterocycles. The normalized spacial score (nSPS) is 13.8.